The molecule has 1 heterocycles. The van der Waals surface area contributed by atoms with Crippen LogP contribution >= 0.6 is 23.8 Å². The number of thiocarbonyl (C=S) groups is 1. The van der Waals surface area contributed by atoms with E-state index in [1.165, 1.54) is 0 Å². The molecule has 2 rings (SSSR count). The molecule has 98 valence electrons. The van der Waals surface area contributed by atoms with E-state index in [4.69, 9.17) is 34.3 Å². The number of halogens is 1. The Balaban J connectivity index is 2.14. The van der Waals surface area contributed by atoms with Gasteiger partial charge in [-0.15, -0.1) is 0 Å². The van der Waals surface area contributed by atoms with Gasteiger partial charge < -0.3 is 10.5 Å². The molecular weight excluding hydrogens is 280 g/mol. The van der Waals surface area contributed by atoms with Crippen LogP contribution in [-0.4, -0.2) is 9.97 Å². The van der Waals surface area contributed by atoms with Crippen LogP contribution in [0.25, 0.3) is 0 Å². The Morgan fingerprint density at radius 2 is 2.21 bits per heavy atom. The molecule has 2 aromatic rings. The van der Waals surface area contributed by atoms with Crippen molar-refractivity contribution in [2.75, 3.05) is 0 Å². The molecule has 0 radical (unpaired) electrons. The molecule has 5 heteroatoms. The normalized spacial score (nSPS) is 10.2. The second-order valence-corrected chi connectivity index (χ2v) is 4.92. The van der Waals surface area contributed by atoms with Crippen molar-refractivity contribution in [1.82, 2.24) is 4.98 Å². The molecule has 2 N–H and O–H groups in total. The van der Waals surface area contributed by atoms with Crippen molar-refractivity contribution in [2.24, 2.45) is 5.73 Å². The van der Waals surface area contributed by atoms with Crippen LogP contribution in [0.4, 0.5) is 0 Å². The van der Waals surface area contributed by atoms with Crippen LogP contribution in [0.5, 0.6) is 5.75 Å². The minimum Gasteiger partial charge on any atom is -0.489 e. The summed E-state index contributed by atoms with van der Waals surface area (Å²) < 4.78 is 5.70. The van der Waals surface area contributed by atoms with Gasteiger partial charge in [0, 0.05) is 16.8 Å². The van der Waals surface area contributed by atoms with E-state index in [2.05, 4.69) is 4.98 Å². The maximum atomic E-state index is 5.97. The lowest BCUT2D eigenvalue weighted by Crippen LogP contribution is -2.15. The highest BCUT2D eigenvalue weighted by molar-refractivity contribution is 7.80. The first-order chi connectivity index (χ1) is 9.08. The quantitative estimate of drug-likeness (QED) is 0.879. The molecule has 0 atom stereocenters. The zero-order chi connectivity index (χ0) is 13.8. The Morgan fingerprint density at radius 1 is 1.42 bits per heavy atom. The largest absolute Gasteiger partial charge is 0.489 e. The van der Waals surface area contributed by atoms with Crippen molar-refractivity contribution >= 4 is 28.8 Å². The Kier molecular flexibility index (Phi) is 4.35. The van der Waals surface area contributed by atoms with Gasteiger partial charge in [0.15, 0.2) is 0 Å². The fourth-order valence-corrected chi connectivity index (χ4v) is 1.95. The summed E-state index contributed by atoms with van der Waals surface area (Å²) in [7, 11) is 0. The van der Waals surface area contributed by atoms with Crippen molar-refractivity contribution < 1.29 is 4.74 Å². The van der Waals surface area contributed by atoms with Crippen LogP contribution in [-0.2, 0) is 6.61 Å². The summed E-state index contributed by atoms with van der Waals surface area (Å²) in [4.78, 5) is 4.42. The molecule has 0 spiro atoms. The van der Waals surface area contributed by atoms with Gasteiger partial charge in [-0.3, -0.25) is 4.98 Å². The third kappa shape index (κ3) is 3.43. The second kappa shape index (κ2) is 5.99. The minimum atomic E-state index is 0.270. The number of aryl methyl sites for hydroxylation is 1. The fourth-order valence-electron chi connectivity index (χ4n) is 1.64. The average Bonchev–Trinajstić information content (AvgIpc) is 2.40. The number of ether oxygens (including phenoxy) is 1. The predicted molar refractivity (Wildman–Crippen MR) is 80.6 cm³/mol. The number of nitrogens with two attached hydrogens (primary N) is 1. The van der Waals surface area contributed by atoms with E-state index in [0.29, 0.717) is 12.3 Å². The Labute approximate surface area is 122 Å². The molecule has 0 amide bonds. The maximum absolute atomic E-state index is 5.97. The summed E-state index contributed by atoms with van der Waals surface area (Å²) in [5.74, 6) is 0.750. The summed E-state index contributed by atoms with van der Waals surface area (Å²) in [5.41, 5.74) is 8.06. The van der Waals surface area contributed by atoms with Crippen LogP contribution < -0.4 is 10.5 Å². The highest BCUT2D eigenvalue weighted by Crippen LogP contribution is 2.22. The van der Waals surface area contributed by atoms with Crippen LogP contribution in [0, 0.1) is 6.92 Å². The molecule has 0 unspecified atom stereocenters. The summed E-state index contributed by atoms with van der Waals surface area (Å²) >= 11 is 10.9. The molecule has 0 bridgehead atoms. The van der Waals surface area contributed by atoms with Gasteiger partial charge in [0.2, 0.25) is 0 Å². The van der Waals surface area contributed by atoms with Crippen molar-refractivity contribution in [3.8, 4) is 5.75 Å². The van der Waals surface area contributed by atoms with Crippen molar-refractivity contribution in [3.63, 3.8) is 0 Å². The Morgan fingerprint density at radius 3 is 2.89 bits per heavy atom. The molecule has 0 saturated carbocycles. The first-order valence-electron chi connectivity index (χ1n) is 5.70. The number of aromatic nitrogens is 1. The molecule has 19 heavy (non-hydrogen) atoms. The Bertz CT molecular complexity index is 616. The van der Waals surface area contributed by atoms with E-state index in [1.807, 2.05) is 37.3 Å². The van der Waals surface area contributed by atoms with E-state index in [-0.39, 0.29) is 4.99 Å². The summed E-state index contributed by atoms with van der Waals surface area (Å²) in [6, 6.07) is 9.24. The van der Waals surface area contributed by atoms with Gasteiger partial charge in [0.25, 0.3) is 0 Å². The number of pyridine rings is 1. The topological polar surface area (TPSA) is 48.1 Å². The predicted octanol–water partition coefficient (Wildman–Crippen LogP) is 3.26. The summed E-state index contributed by atoms with van der Waals surface area (Å²) in [6.07, 6.45) is 1.66. The lowest BCUT2D eigenvalue weighted by atomic mass is 10.2. The van der Waals surface area contributed by atoms with Crippen molar-refractivity contribution in [1.29, 1.82) is 0 Å². The highest BCUT2D eigenvalue weighted by atomic mass is 35.5. The highest BCUT2D eigenvalue weighted by Gasteiger charge is 2.07. The molecule has 1 aromatic carbocycles. The number of rotatable bonds is 4. The molecule has 1 aromatic heterocycles. The SMILES string of the molecule is Cc1cc(OCc2cccnc2C(N)=S)ccc1Cl. The van der Waals surface area contributed by atoms with Gasteiger partial charge >= 0.3 is 0 Å². The maximum Gasteiger partial charge on any atom is 0.123 e. The van der Waals surface area contributed by atoms with Gasteiger partial charge in [-0.25, -0.2) is 0 Å². The van der Waals surface area contributed by atoms with Gasteiger partial charge in [0.1, 0.15) is 23.0 Å². The molecule has 3 nitrogen and oxygen atoms in total. The van der Waals surface area contributed by atoms with Crippen molar-refractivity contribution in [2.45, 2.75) is 13.5 Å². The standard InChI is InChI=1S/C14H13ClN2OS/c1-9-7-11(4-5-12(9)15)18-8-10-3-2-6-17-13(10)14(16)19/h2-7H,8H2,1H3,(H2,16,19). The van der Waals surface area contributed by atoms with E-state index >= 15 is 0 Å². The molecule has 0 saturated heterocycles. The smallest absolute Gasteiger partial charge is 0.123 e. The molecule has 0 aliphatic rings. The third-order valence-corrected chi connectivity index (χ3v) is 3.27. The van der Waals surface area contributed by atoms with Crippen LogP contribution in [0.3, 0.4) is 0 Å². The number of benzene rings is 1. The number of nitrogens with zero attached hydrogens (tertiary/aromatic N) is 1. The number of hydrogen-bond acceptors (Lipinski definition) is 3. The van der Waals surface area contributed by atoms with E-state index < -0.39 is 0 Å². The third-order valence-electron chi connectivity index (χ3n) is 2.65. The lowest BCUT2D eigenvalue weighted by molar-refractivity contribution is 0.305. The first kappa shape index (κ1) is 13.8. The number of hydrogen-bond donors (Lipinski definition) is 1. The minimum absolute atomic E-state index is 0.270. The second-order valence-electron chi connectivity index (χ2n) is 4.08. The molecule has 0 aliphatic heterocycles. The lowest BCUT2D eigenvalue weighted by Gasteiger charge is -2.10. The summed E-state index contributed by atoms with van der Waals surface area (Å²) in [6.45, 7) is 2.29. The monoisotopic (exact) mass is 292 g/mol. The van der Waals surface area contributed by atoms with Crippen LogP contribution in [0.15, 0.2) is 36.5 Å². The fraction of sp³-hybridized carbons (Fsp3) is 0.143. The Hall–Kier alpha value is -1.65. The van der Waals surface area contributed by atoms with Crippen molar-refractivity contribution in [3.05, 3.63) is 58.4 Å². The van der Waals surface area contributed by atoms with Gasteiger partial charge in [-0.1, -0.05) is 29.9 Å². The molecule has 0 fully saturated rings. The average molecular weight is 293 g/mol. The first-order valence-corrected chi connectivity index (χ1v) is 6.49. The van der Waals surface area contributed by atoms with Crippen LogP contribution in [0.1, 0.15) is 16.8 Å². The van der Waals surface area contributed by atoms with Gasteiger partial charge in [-0.05, 0) is 36.8 Å². The van der Waals surface area contributed by atoms with E-state index in [0.717, 1.165) is 21.9 Å². The zero-order valence-electron chi connectivity index (χ0n) is 10.4. The van der Waals surface area contributed by atoms with E-state index in [1.54, 1.807) is 6.20 Å². The van der Waals surface area contributed by atoms with E-state index in [9.17, 15) is 0 Å². The van der Waals surface area contributed by atoms with Crippen LogP contribution in [0.2, 0.25) is 5.02 Å². The molecule has 0 aliphatic carbocycles. The zero-order valence-corrected chi connectivity index (χ0v) is 12.0. The van der Waals surface area contributed by atoms with Gasteiger partial charge in [0.05, 0.1) is 0 Å². The molecular formula is C14H13ClN2OS. The van der Waals surface area contributed by atoms with Gasteiger partial charge in [-0.2, -0.15) is 0 Å². The summed E-state index contributed by atoms with van der Waals surface area (Å²) in [5, 5.41) is 0.720.